The van der Waals surface area contributed by atoms with Crippen LogP contribution in [0, 0.1) is 17.4 Å². The maximum atomic E-state index is 12.3. The topological polar surface area (TPSA) is 54.0 Å². The number of carbonyl (C=O) groups excluding carboxylic acids is 1. The first kappa shape index (κ1) is 33.2. The Balaban J connectivity index is 3.31. The van der Waals surface area contributed by atoms with Crippen molar-refractivity contribution >= 4 is 22.4 Å². The van der Waals surface area contributed by atoms with Crippen molar-refractivity contribution in [1.29, 1.82) is 0 Å². The van der Waals surface area contributed by atoms with Gasteiger partial charge in [0, 0.05) is 17.9 Å². The number of benzene rings is 1. The molecule has 0 heterocycles. The molecule has 0 aromatic heterocycles. The number of ether oxygens (including phenoxy) is 3. The SMILES string of the molecule is CCOC(=O)/C(C)=C/[C@H](C)[C@@H](C[C@@H](C#C[Si](C)(C)C)O[Si](C)(C)C(C)(C)C)OCc1ccc(OC)cc1. The summed E-state index contributed by atoms with van der Waals surface area (Å²) in [6, 6.07) is 7.89. The highest BCUT2D eigenvalue weighted by molar-refractivity contribution is 6.83. The van der Waals surface area contributed by atoms with Gasteiger partial charge in [-0.05, 0) is 49.7 Å². The molecule has 0 spiro atoms. The number of methoxy groups -OCH3 is 1. The van der Waals surface area contributed by atoms with E-state index in [0.29, 0.717) is 25.2 Å². The summed E-state index contributed by atoms with van der Waals surface area (Å²) in [5.74, 6) is 3.97. The molecule has 0 fully saturated rings. The van der Waals surface area contributed by atoms with Crippen LogP contribution >= 0.6 is 0 Å². The standard InChI is InChI=1S/C30H50O5Si2/c1-13-33-29(31)24(3)20-23(2)28(34-22-25-14-16-26(32-7)17-15-25)21-27(18-19-36(8,9)10)35-37(11,12)30(4,5)6/h14-17,20,23,27-28H,13,21-22H2,1-12H3/b24-20+/t23-,27+,28+/m0/s1. The van der Waals surface area contributed by atoms with Gasteiger partial charge in [-0.25, -0.2) is 4.79 Å². The minimum Gasteiger partial charge on any atom is -0.497 e. The molecule has 3 atom stereocenters. The fraction of sp³-hybridized carbons (Fsp3) is 0.633. The Hall–Kier alpha value is -1.86. The first-order valence-electron chi connectivity index (χ1n) is 13.3. The molecule has 0 saturated heterocycles. The average molecular weight is 547 g/mol. The summed E-state index contributed by atoms with van der Waals surface area (Å²) in [5, 5.41) is 0.0670. The molecule has 0 bridgehead atoms. The molecule has 208 valence electrons. The molecule has 0 radical (unpaired) electrons. The molecule has 0 N–H and O–H groups in total. The average Bonchev–Trinajstić information content (AvgIpc) is 2.78. The van der Waals surface area contributed by atoms with Gasteiger partial charge in [0.25, 0.3) is 0 Å². The summed E-state index contributed by atoms with van der Waals surface area (Å²) in [4.78, 5) is 12.3. The largest absolute Gasteiger partial charge is 0.497 e. The van der Waals surface area contributed by atoms with E-state index in [-0.39, 0.29) is 29.1 Å². The van der Waals surface area contributed by atoms with Gasteiger partial charge in [0.1, 0.15) is 19.9 Å². The summed E-state index contributed by atoms with van der Waals surface area (Å²) in [5.41, 5.74) is 5.17. The molecule has 5 nitrogen and oxygen atoms in total. The second-order valence-electron chi connectivity index (χ2n) is 12.2. The Morgan fingerprint density at radius 1 is 1.08 bits per heavy atom. The van der Waals surface area contributed by atoms with Gasteiger partial charge < -0.3 is 18.6 Å². The van der Waals surface area contributed by atoms with Crippen molar-refractivity contribution in [2.75, 3.05) is 13.7 Å². The first-order valence-corrected chi connectivity index (χ1v) is 19.7. The summed E-state index contributed by atoms with van der Waals surface area (Å²) in [6.07, 6.45) is 2.13. The quantitative estimate of drug-likeness (QED) is 0.118. The van der Waals surface area contributed by atoms with E-state index in [4.69, 9.17) is 18.6 Å². The van der Waals surface area contributed by atoms with E-state index in [1.54, 1.807) is 14.0 Å². The van der Waals surface area contributed by atoms with Crippen molar-refractivity contribution in [1.82, 2.24) is 0 Å². The zero-order valence-corrected chi connectivity index (χ0v) is 27.3. The predicted octanol–water partition coefficient (Wildman–Crippen LogP) is 7.39. The monoisotopic (exact) mass is 546 g/mol. The van der Waals surface area contributed by atoms with Gasteiger partial charge in [0.15, 0.2) is 8.32 Å². The minimum atomic E-state index is -2.07. The Bertz CT molecular complexity index is 943. The van der Waals surface area contributed by atoms with E-state index < -0.39 is 16.4 Å². The van der Waals surface area contributed by atoms with Gasteiger partial charge in [-0.2, -0.15) is 0 Å². The Labute approximate surface area is 228 Å². The van der Waals surface area contributed by atoms with Crippen LogP contribution in [0.4, 0.5) is 0 Å². The van der Waals surface area contributed by atoms with Crippen LogP contribution in [0.15, 0.2) is 35.9 Å². The molecular formula is C30H50O5Si2. The van der Waals surface area contributed by atoms with Crippen molar-refractivity contribution in [2.45, 2.75) is 105 Å². The van der Waals surface area contributed by atoms with E-state index in [2.05, 4.69) is 71.9 Å². The van der Waals surface area contributed by atoms with E-state index >= 15 is 0 Å². The van der Waals surface area contributed by atoms with E-state index in [9.17, 15) is 4.79 Å². The third-order valence-electron chi connectivity index (χ3n) is 6.62. The van der Waals surface area contributed by atoms with Gasteiger partial charge in [0.05, 0.1) is 26.4 Å². The van der Waals surface area contributed by atoms with Crippen molar-refractivity contribution in [3.8, 4) is 17.2 Å². The van der Waals surface area contributed by atoms with E-state index in [1.807, 2.05) is 37.3 Å². The fourth-order valence-corrected chi connectivity index (χ4v) is 5.17. The second kappa shape index (κ2) is 14.3. The summed E-state index contributed by atoms with van der Waals surface area (Å²) < 4.78 is 23.8. The van der Waals surface area contributed by atoms with Gasteiger partial charge in [0.2, 0.25) is 0 Å². The smallest absolute Gasteiger partial charge is 0.333 e. The number of rotatable bonds is 12. The number of hydrogen-bond donors (Lipinski definition) is 0. The van der Waals surface area contributed by atoms with Crippen LogP contribution in [0.1, 0.15) is 53.5 Å². The van der Waals surface area contributed by atoms with Crippen molar-refractivity contribution in [2.24, 2.45) is 5.92 Å². The fourth-order valence-electron chi connectivity index (χ4n) is 3.35. The lowest BCUT2D eigenvalue weighted by Crippen LogP contribution is -2.45. The van der Waals surface area contributed by atoms with Crippen molar-refractivity contribution in [3.63, 3.8) is 0 Å². The second-order valence-corrected chi connectivity index (χ2v) is 21.8. The first-order chi connectivity index (χ1) is 17.0. The molecule has 0 unspecified atom stereocenters. The Morgan fingerprint density at radius 2 is 1.68 bits per heavy atom. The van der Waals surface area contributed by atoms with Crippen molar-refractivity contribution in [3.05, 3.63) is 41.5 Å². The molecule has 7 heteroatoms. The van der Waals surface area contributed by atoms with Crippen molar-refractivity contribution < 1.29 is 23.4 Å². The van der Waals surface area contributed by atoms with Crippen LogP contribution in [0.25, 0.3) is 0 Å². The highest BCUT2D eigenvalue weighted by Crippen LogP contribution is 2.38. The Morgan fingerprint density at radius 3 is 2.16 bits per heavy atom. The molecule has 0 aliphatic rings. The highest BCUT2D eigenvalue weighted by atomic mass is 28.4. The third kappa shape index (κ3) is 12.0. The molecule has 1 aromatic rings. The van der Waals surface area contributed by atoms with E-state index in [1.165, 1.54) is 0 Å². The zero-order chi connectivity index (χ0) is 28.4. The van der Waals surface area contributed by atoms with Gasteiger partial charge in [-0.1, -0.05) is 71.5 Å². The van der Waals surface area contributed by atoms with Gasteiger partial charge in [-0.3, -0.25) is 0 Å². The van der Waals surface area contributed by atoms with Gasteiger partial charge >= 0.3 is 5.97 Å². The van der Waals surface area contributed by atoms with Crippen LogP contribution in [0.2, 0.25) is 37.8 Å². The lowest BCUT2D eigenvalue weighted by Gasteiger charge is -2.39. The predicted molar refractivity (Wildman–Crippen MR) is 159 cm³/mol. The molecule has 0 aliphatic carbocycles. The molecule has 37 heavy (non-hydrogen) atoms. The van der Waals surface area contributed by atoms with Crippen LogP contribution < -0.4 is 4.74 Å². The van der Waals surface area contributed by atoms with Crippen LogP contribution in [-0.2, 0) is 25.3 Å². The maximum Gasteiger partial charge on any atom is 0.333 e. The summed E-state index contributed by atoms with van der Waals surface area (Å²) in [7, 11) is -2.01. The summed E-state index contributed by atoms with van der Waals surface area (Å²) in [6.45, 7) is 24.5. The molecule has 0 saturated carbocycles. The minimum absolute atomic E-state index is 0.0400. The van der Waals surface area contributed by atoms with Crippen LogP contribution in [0.3, 0.4) is 0 Å². The molecule has 0 aliphatic heterocycles. The van der Waals surface area contributed by atoms with E-state index in [0.717, 1.165) is 11.3 Å². The number of carbonyl (C=O) groups is 1. The maximum absolute atomic E-state index is 12.3. The molecule has 0 amide bonds. The molecule has 1 rings (SSSR count). The Kier molecular flexibility index (Phi) is 12.9. The third-order valence-corrected chi connectivity index (χ3v) is 12.0. The number of hydrogen-bond acceptors (Lipinski definition) is 5. The molecular weight excluding hydrogens is 496 g/mol. The summed E-state index contributed by atoms with van der Waals surface area (Å²) >= 11 is 0. The lowest BCUT2D eigenvalue weighted by atomic mass is 9.96. The normalized spacial score (nSPS) is 15.3. The zero-order valence-electron chi connectivity index (χ0n) is 25.3. The lowest BCUT2D eigenvalue weighted by molar-refractivity contribution is -0.138. The number of esters is 1. The highest BCUT2D eigenvalue weighted by Gasteiger charge is 2.39. The van der Waals surface area contributed by atoms with Crippen LogP contribution in [-0.4, -0.2) is 48.3 Å². The molecule has 1 aromatic carbocycles. The van der Waals surface area contributed by atoms with Crippen LogP contribution in [0.5, 0.6) is 5.75 Å². The van der Waals surface area contributed by atoms with Gasteiger partial charge in [-0.15, -0.1) is 5.54 Å².